The molecule has 4 fully saturated rings. The third-order valence-corrected chi connectivity index (χ3v) is 8.40. The first-order valence-corrected chi connectivity index (χ1v) is 9.38. The van der Waals surface area contributed by atoms with Gasteiger partial charge in [-0.25, -0.2) is 0 Å². The number of rotatable bonds is 0. The molecule has 22 heavy (non-hydrogen) atoms. The van der Waals surface area contributed by atoms with Crippen molar-refractivity contribution in [2.75, 3.05) is 0 Å². The van der Waals surface area contributed by atoms with Crippen molar-refractivity contribution in [3.05, 3.63) is 0 Å². The van der Waals surface area contributed by atoms with Crippen LogP contribution < -0.4 is 0 Å². The van der Waals surface area contributed by atoms with Crippen LogP contribution in [0.3, 0.4) is 0 Å². The summed E-state index contributed by atoms with van der Waals surface area (Å²) in [5.74, 6) is 1.91. The Labute approximate surface area is 134 Å². The smallest absolute Gasteiger partial charge is 0.0577 e. The standard InChI is InChI=1S/C19H32O3/c1-18-5-4-14-17(15(18)9-13(21)10-18)16(22)8-11-7-12(20)3-6-19(11,14)2/h11-17,20-22H,3-10H2,1-2H3/t11-,12+,13+,14+,15+,16-,17-,18-,19+/m1/s1. The normalized spacial score (nSPS) is 61.2. The topological polar surface area (TPSA) is 60.7 Å². The molecule has 4 aliphatic carbocycles. The summed E-state index contributed by atoms with van der Waals surface area (Å²) in [5, 5.41) is 31.2. The molecule has 0 spiro atoms. The Bertz CT molecular complexity index is 452. The van der Waals surface area contributed by atoms with Crippen molar-refractivity contribution in [3.8, 4) is 0 Å². The molecule has 4 saturated carbocycles. The molecular weight excluding hydrogens is 276 g/mol. The molecule has 0 amide bonds. The molecule has 0 radical (unpaired) electrons. The Balaban J connectivity index is 1.67. The molecule has 0 aliphatic heterocycles. The highest BCUT2D eigenvalue weighted by Crippen LogP contribution is 2.66. The highest BCUT2D eigenvalue weighted by molar-refractivity contribution is 5.10. The molecule has 0 aromatic heterocycles. The highest BCUT2D eigenvalue weighted by Gasteiger charge is 2.61. The van der Waals surface area contributed by atoms with E-state index >= 15 is 0 Å². The van der Waals surface area contributed by atoms with Crippen LogP contribution in [0.2, 0.25) is 0 Å². The van der Waals surface area contributed by atoms with Gasteiger partial charge in [-0.1, -0.05) is 13.8 Å². The lowest BCUT2D eigenvalue weighted by molar-refractivity contribution is -0.168. The minimum absolute atomic E-state index is 0.163. The van der Waals surface area contributed by atoms with Crippen molar-refractivity contribution < 1.29 is 15.3 Å². The Hall–Kier alpha value is -0.120. The average Bonchev–Trinajstić information content (AvgIpc) is 2.75. The van der Waals surface area contributed by atoms with Gasteiger partial charge in [0.25, 0.3) is 0 Å². The molecule has 4 aliphatic rings. The SMILES string of the molecule is C[C@]12CC[C@H]3[C@@H]([C@H](O)C[C@H]4C[C@@H](O)CC[C@@]43C)[C@@H]1C[C@H](O)C2. The van der Waals surface area contributed by atoms with Gasteiger partial charge in [-0.05, 0) is 85.9 Å². The van der Waals surface area contributed by atoms with Gasteiger partial charge in [0.2, 0.25) is 0 Å². The van der Waals surface area contributed by atoms with E-state index in [-0.39, 0.29) is 29.1 Å². The molecule has 3 heteroatoms. The summed E-state index contributed by atoms with van der Waals surface area (Å²) in [6, 6.07) is 0. The average molecular weight is 308 g/mol. The molecule has 126 valence electrons. The van der Waals surface area contributed by atoms with Crippen LogP contribution in [-0.4, -0.2) is 33.6 Å². The lowest BCUT2D eigenvalue weighted by atomic mass is 9.44. The lowest BCUT2D eigenvalue weighted by Crippen LogP contribution is -2.57. The summed E-state index contributed by atoms with van der Waals surface area (Å²) in [4.78, 5) is 0. The summed E-state index contributed by atoms with van der Waals surface area (Å²) >= 11 is 0. The van der Waals surface area contributed by atoms with Crippen LogP contribution in [0, 0.1) is 34.5 Å². The van der Waals surface area contributed by atoms with Crippen molar-refractivity contribution in [3.63, 3.8) is 0 Å². The summed E-state index contributed by atoms with van der Waals surface area (Å²) in [6.07, 6.45) is 7.42. The lowest BCUT2D eigenvalue weighted by Gasteiger charge is -2.61. The van der Waals surface area contributed by atoms with Crippen molar-refractivity contribution >= 4 is 0 Å². The van der Waals surface area contributed by atoms with Crippen LogP contribution in [0.5, 0.6) is 0 Å². The van der Waals surface area contributed by atoms with E-state index in [2.05, 4.69) is 13.8 Å². The molecule has 0 unspecified atom stereocenters. The zero-order valence-corrected chi connectivity index (χ0v) is 14.0. The summed E-state index contributed by atoms with van der Waals surface area (Å²) < 4.78 is 0. The maximum absolute atomic E-state index is 10.9. The Kier molecular flexibility index (Phi) is 3.46. The fourth-order valence-corrected chi connectivity index (χ4v) is 7.22. The number of hydrogen-bond acceptors (Lipinski definition) is 3. The Morgan fingerprint density at radius 2 is 1.59 bits per heavy atom. The second-order valence-electron chi connectivity index (χ2n) is 9.51. The first-order valence-electron chi connectivity index (χ1n) is 9.38. The summed E-state index contributed by atoms with van der Waals surface area (Å²) in [7, 11) is 0. The molecule has 0 bridgehead atoms. The molecule has 0 heterocycles. The van der Waals surface area contributed by atoms with E-state index in [9.17, 15) is 15.3 Å². The minimum atomic E-state index is -0.233. The number of hydrogen-bond donors (Lipinski definition) is 3. The van der Waals surface area contributed by atoms with Gasteiger partial charge < -0.3 is 15.3 Å². The van der Waals surface area contributed by atoms with E-state index in [4.69, 9.17) is 0 Å². The van der Waals surface area contributed by atoms with E-state index in [1.165, 1.54) is 12.8 Å². The minimum Gasteiger partial charge on any atom is -0.393 e. The zero-order valence-electron chi connectivity index (χ0n) is 14.0. The predicted molar refractivity (Wildman–Crippen MR) is 85.1 cm³/mol. The molecule has 3 nitrogen and oxygen atoms in total. The van der Waals surface area contributed by atoms with E-state index in [1.807, 2.05) is 0 Å². The van der Waals surface area contributed by atoms with Crippen LogP contribution in [0.25, 0.3) is 0 Å². The van der Waals surface area contributed by atoms with E-state index < -0.39 is 0 Å². The van der Waals surface area contributed by atoms with Gasteiger partial charge in [-0.3, -0.25) is 0 Å². The first-order chi connectivity index (χ1) is 10.3. The fraction of sp³-hybridized carbons (Fsp3) is 1.00. The van der Waals surface area contributed by atoms with Crippen molar-refractivity contribution in [2.45, 2.75) is 83.5 Å². The van der Waals surface area contributed by atoms with Gasteiger partial charge in [-0.15, -0.1) is 0 Å². The van der Waals surface area contributed by atoms with Crippen LogP contribution in [-0.2, 0) is 0 Å². The van der Waals surface area contributed by atoms with Gasteiger partial charge in [0, 0.05) is 0 Å². The van der Waals surface area contributed by atoms with Crippen molar-refractivity contribution in [2.24, 2.45) is 34.5 Å². The third-order valence-electron chi connectivity index (χ3n) is 8.40. The Morgan fingerprint density at radius 3 is 2.36 bits per heavy atom. The Morgan fingerprint density at radius 1 is 0.818 bits per heavy atom. The van der Waals surface area contributed by atoms with E-state index in [0.717, 1.165) is 38.5 Å². The quantitative estimate of drug-likeness (QED) is 0.645. The maximum atomic E-state index is 10.9. The second-order valence-corrected chi connectivity index (χ2v) is 9.51. The van der Waals surface area contributed by atoms with E-state index in [0.29, 0.717) is 23.7 Å². The summed E-state index contributed by atoms with van der Waals surface area (Å²) in [6.45, 7) is 4.77. The second kappa shape index (κ2) is 4.94. The maximum Gasteiger partial charge on any atom is 0.0577 e. The zero-order chi connectivity index (χ0) is 15.7. The largest absolute Gasteiger partial charge is 0.393 e. The molecule has 9 atom stereocenters. The predicted octanol–water partition coefficient (Wildman–Crippen LogP) is 2.72. The van der Waals surface area contributed by atoms with Gasteiger partial charge in [0.1, 0.15) is 0 Å². The molecule has 0 aromatic carbocycles. The summed E-state index contributed by atoms with van der Waals surface area (Å²) in [5.41, 5.74) is 0.525. The molecule has 3 N–H and O–H groups in total. The molecule has 0 saturated heterocycles. The van der Waals surface area contributed by atoms with Crippen LogP contribution in [0.1, 0.15) is 65.2 Å². The molecule has 4 rings (SSSR count). The van der Waals surface area contributed by atoms with Gasteiger partial charge in [0.15, 0.2) is 0 Å². The monoisotopic (exact) mass is 308 g/mol. The highest BCUT2D eigenvalue weighted by atomic mass is 16.3. The number of fused-ring (bicyclic) bond motifs is 5. The molecular formula is C19H32O3. The first kappa shape index (κ1) is 15.4. The van der Waals surface area contributed by atoms with Crippen molar-refractivity contribution in [1.82, 2.24) is 0 Å². The molecule has 0 aromatic rings. The van der Waals surface area contributed by atoms with Crippen molar-refractivity contribution in [1.29, 1.82) is 0 Å². The van der Waals surface area contributed by atoms with Crippen LogP contribution >= 0.6 is 0 Å². The number of aliphatic hydroxyl groups excluding tert-OH is 3. The van der Waals surface area contributed by atoms with Crippen LogP contribution in [0.4, 0.5) is 0 Å². The van der Waals surface area contributed by atoms with Gasteiger partial charge >= 0.3 is 0 Å². The van der Waals surface area contributed by atoms with Gasteiger partial charge in [-0.2, -0.15) is 0 Å². The van der Waals surface area contributed by atoms with E-state index in [1.54, 1.807) is 0 Å². The van der Waals surface area contributed by atoms with Gasteiger partial charge in [0.05, 0.1) is 18.3 Å². The number of aliphatic hydroxyl groups is 3. The third kappa shape index (κ3) is 2.04. The van der Waals surface area contributed by atoms with Crippen LogP contribution in [0.15, 0.2) is 0 Å². The fourth-order valence-electron chi connectivity index (χ4n) is 7.22.